The van der Waals surface area contributed by atoms with Crippen LogP contribution in [0.2, 0.25) is 0 Å². The van der Waals surface area contributed by atoms with Gasteiger partial charge in [0.25, 0.3) is 10.0 Å². The summed E-state index contributed by atoms with van der Waals surface area (Å²) in [5.41, 5.74) is 3.73. The highest BCUT2D eigenvalue weighted by atomic mass is 32.2. The van der Waals surface area contributed by atoms with Gasteiger partial charge >= 0.3 is 0 Å². The Kier molecular flexibility index (Phi) is 7.05. The van der Waals surface area contributed by atoms with Gasteiger partial charge in [0.05, 0.1) is 10.6 Å². The van der Waals surface area contributed by atoms with Crippen molar-refractivity contribution < 1.29 is 17.3 Å². The van der Waals surface area contributed by atoms with Crippen LogP contribution in [0.5, 0.6) is 0 Å². The zero-order valence-electron chi connectivity index (χ0n) is 18.3. The zero-order chi connectivity index (χ0) is 23.3. The molecule has 0 saturated carbocycles. The molecule has 4 rings (SSSR count). The summed E-state index contributed by atoms with van der Waals surface area (Å²) in [6.07, 6.45) is 2.62. The highest BCUT2D eigenvalue weighted by Crippen LogP contribution is 2.21. The molecule has 0 bridgehead atoms. The molecule has 1 heterocycles. The normalized spacial score (nSPS) is 11.7. The van der Waals surface area contributed by atoms with Gasteiger partial charge in [-0.1, -0.05) is 29.4 Å². The summed E-state index contributed by atoms with van der Waals surface area (Å²) in [7, 11) is -3.63. The first kappa shape index (κ1) is 22.9. The molecule has 1 aromatic heterocycles. The van der Waals surface area contributed by atoms with Crippen LogP contribution in [0.4, 0.5) is 10.1 Å². The molecule has 0 fully saturated rings. The van der Waals surface area contributed by atoms with Crippen molar-refractivity contribution in [2.75, 3.05) is 11.3 Å². The van der Waals surface area contributed by atoms with Crippen molar-refractivity contribution in [1.29, 1.82) is 0 Å². The van der Waals surface area contributed by atoms with Crippen LogP contribution in [0.1, 0.15) is 29.7 Å². The number of halogens is 1. The van der Waals surface area contributed by atoms with Gasteiger partial charge in [0, 0.05) is 23.7 Å². The molecule has 2 N–H and O–H groups in total. The molecule has 4 aromatic rings. The van der Waals surface area contributed by atoms with Gasteiger partial charge < -0.3 is 9.84 Å². The third kappa shape index (κ3) is 5.97. The van der Waals surface area contributed by atoms with Crippen molar-refractivity contribution in [3.05, 3.63) is 89.4 Å². The monoisotopic (exact) mass is 467 g/mol. The fraction of sp³-hybridized carbons (Fsp3) is 0.240. The van der Waals surface area contributed by atoms with Gasteiger partial charge in [0.2, 0.25) is 0 Å². The van der Waals surface area contributed by atoms with E-state index in [1.54, 1.807) is 30.3 Å². The fourth-order valence-electron chi connectivity index (χ4n) is 3.66. The number of nitrogens with zero attached hydrogens (tertiary/aromatic N) is 1. The number of aromatic nitrogens is 1. The minimum atomic E-state index is -3.63. The van der Waals surface area contributed by atoms with Crippen LogP contribution in [0.25, 0.3) is 11.0 Å². The van der Waals surface area contributed by atoms with Crippen LogP contribution in [0.15, 0.2) is 76.1 Å². The van der Waals surface area contributed by atoms with Gasteiger partial charge in [-0.2, -0.15) is 0 Å². The summed E-state index contributed by atoms with van der Waals surface area (Å²) in [4.78, 5) is 0.246. The van der Waals surface area contributed by atoms with Gasteiger partial charge in [-0.25, -0.2) is 12.8 Å². The topological polar surface area (TPSA) is 84.2 Å². The highest BCUT2D eigenvalue weighted by molar-refractivity contribution is 7.92. The molecule has 33 heavy (non-hydrogen) atoms. The summed E-state index contributed by atoms with van der Waals surface area (Å²) in [5, 5.41) is 8.29. The number of hydrogen-bond donors (Lipinski definition) is 2. The number of hydrogen-bond acceptors (Lipinski definition) is 5. The van der Waals surface area contributed by atoms with E-state index in [1.165, 1.54) is 12.1 Å². The van der Waals surface area contributed by atoms with Gasteiger partial charge in [0.1, 0.15) is 5.82 Å². The number of rotatable bonds is 10. The van der Waals surface area contributed by atoms with Gasteiger partial charge in [-0.15, -0.1) is 0 Å². The van der Waals surface area contributed by atoms with Crippen molar-refractivity contribution in [2.45, 2.75) is 37.6 Å². The Morgan fingerprint density at radius 1 is 1.00 bits per heavy atom. The van der Waals surface area contributed by atoms with Crippen LogP contribution < -0.4 is 10.0 Å². The van der Waals surface area contributed by atoms with Crippen molar-refractivity contribution in [1.82, 2.24) is 10.5 Å². The predicted octanol–water partition coefficient (Wildman–Crippen LogP) is 5.19. The van der Waals surface area contributed by atoms with Gasteiger partial charge in [0.15, 0.2) is 5.58 Å². The maximum atomic E-state index is 13.2. The molecule has 0 radical (unpaired) electrons. The molecule has 3 aromatic carbocycles. The second-order valence-corrected chi connectivity index (χ2v) is 9.71. The van der Waals surface area contributed by atoms with E-state index in [0.717, 1.165) is 48.0 Å². The molecular formula is C25H26FN3O3S. The van der Waals surface area contributed by atoms with Gasteiger partial charge in [-0.3, -0.25) is 4.72 Å². The number of nitrogens with one attached hydrogen (secondary N) is 2. The first-order valence-electron chi connectivity index (χ1n) is 10.8. The lowest BCUT2D eigenvalue weighted by Crippen LogP contribution is -2.16. The van der Waals surface area contributed by atoms with E-state index in [1.807, 2.05) is 31.2 Å². The number of unbranched alkanes of at least 4 members (excludes halogenated alkanes) is 1. The van der Waals surface area contributed by atoms with E-state index in [2.05, 4.69) is 15.2 Å². The Balaban J connectivity index is 1.24. The van der Waals surface area contributed by atoms with E-state index in [0.29, 0.717) is 17.8 Å². The van der Waals surface area contributed by atoms with E-state index in [4.69, 9.17) is 4.52 Å². The second kappa shape index (κ2) is 10.1. The summed E-state index contributed by atoms with van der Waals surface area (Å²) in [6, 6.07) is 18.7. The third-order valence-electron chi connectivity index (χ3n) is 5.33. The number of fused-ring (bicyclic) bond motifs is 1. The fourth-order valence-corrected chi connectivity index (χ4v) is 4.81. The first-order chi connectivity index (χ1) is 15.9. The quantitative estimate of drug-likeness (QED) is 0.314. The van der Waals surface area contributed by atoms with Crippen molar-refractivity contribution in [3.63, 3.8) is 0 Å². The standard InChI is InChI=1S/C25H26FN3O3S/c1-18-6-4-9-22(14-18)33(30,31)29-21-8-5-7-19(15-21)17-27-13-3-2-10-24-23-12-11-20(26)16-25(23)32-28-24/h4-9,11-12,14-16,27,29H,2-3,10,13,17H2,1H3. The second-order valence-electron chi connectivity index (χ2n) is 8.03. The smallest absolute Gasteiger partial charge is 0.261 e. The average molecular weight is 468 g/mol. The summed E-state index contributed by atoms with van der Waals surface area (Å²) in [6.45, 7) is 3.30. The SMILES string of the molecule is Cc1cccc(S(=O)(=O)Nc2cccc(CNCCCCc3noc4cc(F)ccc34)c2)c1. The number of aryl methyl sites for hydroxylation is 2. The van der Waals surface area contributed by atoms with Crippen LogP contribution in [-0.4, -0.2) is 20.1 Å². The molecule has 0 aliphatic rings. The highest BCUT2D eigenvalue weighted by Gasteiger charge is 2.14. The molecule has 0 saturated heterocycles. The summed E-state index contributed by atoms with van der Waals surface area (Å²) < 4.78 is 46.4. The largest absolute Gasteiger partial charge is 0.356 e. The summed E-state index contributed by atoms with van der Waals surface area (Å²) >= 11 is 0. The van der Waals surface area contributed by atoms with Crippen LogP contribution in [0, 0.1) is 12.7 Å². The predicted molar refractivity (Wildman–Crippen MR) is 127 cm³/mol. The third-order valence-corrected chi connectivity index (χ3v) is 6.71. The molecule has 0 unspecified atom stereocenters. The number of benzene rings is 3. The maximum absolute atomic E-state index is 13.2. The van der Waals surface area contributed by atoms with E-state index >= 15 is 0 Å². The maximum Gasteiger partial charge on any atom is 0.261 e. The molecule has 8 heteroatoms. The molecule has 6 nitrogen and oxygen atoms in total. The first-order valence-corrected chi connectivity index (χ1v) is 12.3. The van der Waals surface area contributed by atoms with Crippen molar-refractivity contribution in [3.8, 4) is 0 Å². The lowest BCUT2D eigenvalue weighted by atomic mass is 10.1. The molecule has 0 aliphatic heterocycles. The Bertz CT molecular complexity index is 1350. The Morgan fingerprint density at radius 2 is 1.85 bits per heavy atom. The molecule has 0 atom stereocenters. The molecule has 0 amide bonds. The zero-order valence-corrected chi connectivity index (χ0v) is 19.2. The van der Waals surface area contributed by atoms with Crippen LogP contribution >= 0.6 is 0 Å². The Hall–Kier alpha value is -3.23. The molecule has 0 spiro atoms. The minimum Gasteiger partial charge on any atom is -0.356 e. The van der Waals surface area contributed by atoms with Gasteiger partial charge in [-0.05, 0) is 80.3 Å². The van der Waals surface area contributed by atoms with E-state index in [-0.39, 0.29) is 10.7 Å². The number of sulfonamides is 1. The van der Waals surface area contributed by atoms with Crippen LogP contribution in [-0.2, 0) is 23.0 Å². The molecular weight excluding hydrogens is 441 g/mol. The van der Waals surface area contributed by atoms with Crippen LogP contribution in [0.3, 0.4) is 0 Å². The lowest BCUT2D eigenvalue weighted by Gasteiger charge is -2.11. The summed E-state index contributed by atoms with van der Waals surface area (Å²) in [5.74, 6) is -0.332. The molecule has 172 valence electrons. The van der Waals surface area contributed by atoms with Crippen molar-refractivity contribution in [2.24, 2.45) is 0 Å². The minimum absolute atomic E-state index is 0.246. The lowest BCUT2D eigenvalue weighted by molar-refractivity contribution is 0.442. The average Bonchev–Trinajstić information content (AvgIpc) is 3.18. The molecule has 0 aliphatic carbocycles. The Labute approximate surface area is 192 Å². The van der Waals surface area contributed by atoms with E-state index in [9.17, 15) is 12.8 Å². The Morgan fingerprint density at radius 3 is 2.70 bits per heavy atom. The van der Waals surface area contributed by atoms with E-state index < -0.39 is 10.0 Å². The van der Waals surface area contributed by atoms with Crippen molar-refractivity contribution >= 4 is 26.7 Å². The number of anilines is 1.